The van der Waals surface area contributed by atoms with Crippen molar-refractivity contribution in [1.29, 1.82) is 0 Å². The molecule has 1 fully saturated rings. The Morgan fingerprint density at radius 3 is 2.33 bits per heavy atom. The molecule has 1 aliphatic rings. The van der Waals surface area contributed by atoms with Crippen molar-refractivity contribution in [2.24, 2.45) is 0 Å². The molecule has 5 nitrogen and oxygen atoms in total. The van der Waals surface area contributed by atoms with Crippen LogP contribution in [0.25, 0.3) is 0 Å². The molecule has 3 N–H and O–H groups in total. The van der Waals surface area contributed by atoms with E-state index in [0.29, 0.717) is 0 Å². The van der Waals surface area contributed by atoms with Gasteiger partial charge >= 0.3 is 6.09 Å². The van der Waals surface area contributed by atoms with Crippen LogP contribution >= 0.6 is 0 Å². The Bertz CT molecular complexity index is 435. The standard InChI is InChI=1S/C9H11F.C7H13NO2.C2H6O2/c1-2-5-8-6-3-4-7-9(8)10;9-7(10)8-6-4-2-1-3-5-6;1-4-2-3/h3-4,6-7H,2,5H2,1H3;6,8H,1-5H2,(H,9,10);3H,2H2,1H3. The van der Waals surface area contributed by atoms with Crippen molar-refractivity contribution in [1.82, 2.24) is 5.32 Å². The van der Waals surface area contributed by atoms with E-state index in [0.717, 1.165) is 31.2 Å². The Morgan fingerprint density at radius 2 is 1.88 bits per heavy atom. The molecule has 0 heterocycles. The Balaban J connectivity index is 0.000000363. The van der Waals surface area contributed by atoms with Crippen molar-refractivity contribution in [3.63, 3.8) is 0 Å². The first-order chi connectivity index (χ1) is 11.5. The molecule has 0 radical (unpaired) electrons. The van der Waals surface area contributed by atoms with Gasteiger partial charge in [0.05, 0.1) is 0 Å². The summed E-state index contributed by atoms with van der Waals surface area (Å²) in [6.45, 7) is 1.87. The summed E-state index contributed by atoms with van der Waals surface area (Å²) >= 11 is 0. The summed E-state index contributed by atoms with van der Waals surface area (Å²) < 4.78 is 16.9. The number of carbonyl (C=O) groups is 1. The lowest BCUT2D eigenvalue weighted by Gasteiger charge is -2.20. The third-order valence-corrected chi connectivity index (χ3v) is 3.54. The molecule has 1 aromatic rings. The number of hydrogen-bond acceptors (Lipinski definition) is 3. The van der Waals surface area contributed by atoms with Crippen LogP contribution in [0.1, 0.15) is 51.0 Å². The van der Waals surface area contributed by atoms with Crippen molar-refractivity contribution >= 4 is 6.09 Å². The van der Waals surface area contributed by atoms with Crippen molar-refractivity contribution < 1.29 is 24.1 Å². The number of benzene rings is 1. The minimum atomic E-state index is -0.882. The molecule has 0 spiro atoms. The van der Waals surface area contributed by atoms with E-state index in [9.17, 15) is 9.18 Å². The van der Waals surface area contributed by atoms with Crippen LogP contribution in [0.3, 0.4) is 0 Å². The van der Waals surface area contributed by atoms with Crippen LogP contribution in [0.4, 0.5) is 9.18 Å². The van der Waals surface area contributed by atoms with Crippen LogP contribution in [0.5, 0.6) is 0 Å². The molecule has 0 saturated heterocycles. The Labute approximate surface area is 143 Å². The van der Waals surface area contributed by atoms with Gasteiger partial charge in [-0.3, -0.25) is 0 Å². The average Bonchev–Trinajstić information content (AvgIpc) is 2.58. The topological polar surface area (TPSA) is 78.8 Å². The molecule has 0 atom stereocenters. The molecule has 0 bridgehead atoms. The number of halogens is 1. The molecule has 6 heteroatoms. The van der Waals surface area contributed by atoms with E-state index in [1.165, 1.54) is 32.4 Å². The SMILES string of the molecule is CCCc1ccccc1F.COCO.O=C(O)NC1CCCCC1. The van der Waals surface area contributed by atoms with E-state index in [1.54, 1.807) is 6.07 Å². The maximum Gasteiger partial charge on any atom is 0.404 e. The van der Waals surface area contributed by atoms with Crippen LogP contribution in [-0.4, -0.2) is 36.3 Å². The highest BCUT2D eigenvalue weighted by atomic mass is 19.1. The highest BCUT2D eigenvalue weighted by Gasteiger charge is 2.14. The summed E-state index contributed by atoms with van der Waals surface area (Å²) in [7, 11) is 1.43. The van der Waals surface area contributed by atoms with E-state index >= 15 is 0 Å². The quantitative estimate of drug-likeness (QED) is 0.723. The number of nitrogens with one attached hydrogen (secondary N) is 1. The number of rotatable bonds is 4. The lowest BCUT2D eigenvalue weighted by Crippen LogP contribution is -2.34. The highest BCUT2D eigenvalue weighted by molar-refractivity contribution is 5.64. The van der Waals surface area contributed by atoms with Gasteiger partial charge in [-0.05, 0) is 30.9 Å². The fraction of sp³-hybridized carbons (Fsp3) is 0.611. The third kappa shape index (κ3) is 11.8. The summed E-state index contributed by atoms with van der Waals surface area (Å²) in [5.41, 5.74) is 0.824. The summed E-state index contributed by atoms with van der Waals surface area (Å²) in [4.78, 5) is 10.2. The van der Waals surface area contributed by atoms with Crippen LogP contribution < -0.4 is 5.32 Å². The Kier molecular flexibility index (Phi) is 13.9. The van der Waals surface area contributed by atoms with E-state index < -0.39 is 6.09 Å². The lowest BCUT2D eigenvalue weighted by molar-refractivity contribution is 0.0325. The summed E-state index contributed by atoms with van der Waals surface area (Å²) in [6.07, 6.45) is 6.60. The number of ether oxygens (including phenoxy) is 1. The molecule has 1 aliphatic carbocycles. The lowest BCUT2D eigenvalue weighted by atomic mass is 9.96. The molecule has 0 unspecified atom stereocenters. The van der Waals surface area contributed by atoms with Crippen molar-refractivity contribution in [2.75, 3.05) is 13.9 Å². The molecule has 1 saturated carbocycles. The molecule has 138 valence electrons. The molecule has 2 rings (SSSR count). The predicted octanol–water partition coefficient (Wildman–Crippen LogP) is 3.95. The molecule has 1 aromatic carbocycles. The maximum atomic E-state index is 12.8. The average molecular weight is 343 g/mol. The van der Waals surface area contributed by atoms with Crippen molar-refractivity contribution in [2.45, 2.75) is 57.9 Å². The summed E-state index contributed by atoms with van der Waals surface area (Å²) in [5, 5.41) is 18.5. The largest absolute Gasteiger partial charge is 0.465 e. The van der Waals surface area contributed by atoms with E-state index in [-0.39, 0.29) is 18.7 Å². The predicted molar refractivity (Wildman–Crippen MR) is 92.5 cm³/mol. The zero-order valence-electron chi connectivity index (χ0n) is 14.6. The number of hydrogen-bond donors (Lipinski definition) is 3. The first kappa shape index (κ1) is 22.3. The van der Waals surface area contributed by atoms with Gasteiger partial charge in [0.15, 0.2) is 0 Å². The minimum Gasteiger partial charge on any atom is -0.465 e. The number of aliphatic hydroxyl groups excluding tert-OH is 1. The van der Waals surface area contributed by atoms with E-state index in [4.69, 9.17) is 10.2 Å². The second-order valence-corrected chi connectivity index (χ2v) is 5.54. The highest BCUT2D eigenvalue weighted by Crippen LogP contribution is 2.16. The molecular formula is C18H30FNO4. The number of methoxy groups -OCH3 is 1. The normalized spacial score (nSPS) is 13.8. The second kappa shape index (κ2) is 14.9. The van der Waals surface area contributed by atoms with Gasteiger partial charge in [0.25, 0.3) is 0 Å². The zero-order valence-corrected chi connectivity index (χ0v) is 14.6. The molecule has 1 amide bonds. The van der Waals surface area contributed by atoms with Crippen LogP contribution in [0.15, 0.2) is 24.3 Å². The van der Waals surface area contributed by atoms with Gasteiger partial charge in [-0.15, -0.1) is 0 Å². The molecular weight excluding hydrogens is 313 g/mol. The zero-order chi connectivity index (χ0) is 18.2. The van der Waals surface area contributed by atoms with Gasteiger partial charge < -0.3 is 20.3 Å². The van der Waals surface area contributed by atoms with E-state index in [2.05, 4.69) is 10.1 Å². The van der Waals surface area contributed by atoms with Crippen LogP contribution in [0, 0.1) is 5.82 Å². The number of aryl methyl sites for hydroxylation is 1. The molecule has 0 aliphatic heterocycles. The van der Waals surface area contributed by atoms with Gasteiger partial charge in [0.1, 0.15) is 12.6 Å². The monoisotopic (exact) mass is 343 g/mol. The molecule has 24 heavy (non-hydrogen) atoms. The Morgan fingerprint density at radius 1 is 1.29 bits per heavy atom. The molecule has 0 aromatic heterocycles. The number of aliphatic hydroxyl groups is 1. The van der Waals surface area contributed by atoms with Crippen LogP contribution in [-0.2, 0) is 11.2 Å². The van der Waals surface area contributed by atoms with Gasteiger partial charge in [0.2, 0.25) is 0 Å². The number of carboxylic acid groups (broad SMARTS) is 1. The Hall–Kier alpha value is -1.66. The van der Waals surface area contributed by atoms with Crippen molar-refractivity contribution in [3.05, 3.63) is 35.6 Å². The summed E-state index contributed by atoms with van der Waals surface area (Å²) in [5.74, 6) is -0.0793. The van der Waals surface area contributed by atoms with Gasteiger partial charge in [0, 0.05) is 13.2 Å². The fourth-order valence-electron chi connectivity index (χ4n) is 2.39. The maximum absolute atomic E-state index is 12.8. The smallest absolute Gasteiger partial charge is 0.404 e. The third-order valence-electron chi connectivity index (χ3n) is 3.54. The van der Waals surface area contributed by atoms with Gasteiger partial charge in [-0.25, -0.2) is 9.18 Å². The summed E-state index contributed by atoms with van der Waals surface area (Å²) in [6, 6.07) is 7.15. The first-order valence-corrected chi connectivity index (χ1v) is 8.37. The first-order valence-electron chi connectivity index (χ1n) is 8.37. The second-order valence-electron chi connectivity index (χ2n) is 5.54. The van der Waals surface area contributed by atoms with Crippen LogP contribution in [0.2, 0.25) is 0 Å². The van der Waals surface area contributed by atoms with Crippen molar-refractivity contribution in [3.8, 4) is 0 Å². The van der Waals surface area contributed by atoms with Gasteiger partial charge in [-0.1, -0.05) is 50.8 Å². The fourth-order valence-corrected chi connectivity index (χ4v) is 2.39. The number of amides is 1. The minimum absolute atomic E-state index is 0.0793. The van der Waals surface area contributed by atoms with Gasteiger partial charge in [-0.2, -0.15) is 0 Å². The van der Waals surface area contributed by atoms with E-state index in [1.807, 2.05) is 19.1 Å².